The molecule has 20 heavy (non-hydrogen) atoms. The predicted octanol–water partition coefficient (Wildman–Crippen LogP) is 0.923. The number of aliphatic hydroxyl groups is 1. The number of amides is 2. The first-order chi connectivity index (χ1) is 9.34. The molecule has 1 rings (SSSR count). The lowest BCUT2D eigenvalue weighted by Gasteiger charge is -2.14. The number of alkyl halides is 2. The third kappa shape index (κ3) is 5.62. The van der Waals surface area contributed by atoms with Crippen LogP contribution in [0.15, 0.2) is 28.7 Å². The number of rotatable bonds is 6. The van der Waals surface area contributed by atoms with Crippen molar-refractivity contribution in [3.05, 3.63) is 34.3 Å². The standard InChI is InChI=1S/C12H13BrF2N2O3/c13-9-3-1-2-8(4-9)11(20)16-5-10(19)17-6-12(14,15)7-18/h1-4,18H,5-7H2,(H,16,20)(H,17,19). The first-order valence-electron chi connectivity index (χ1n) is 5.63. The van der Waals surface area contributed by atoms with E-state index in [0.29, 0.717) is 10.0 Å². The molecule has 8 heteroatoms. The van der Waals surface area contributed by atoms with Crippen LogP contribution in [0, 0.1) is 0 Å². The Labute approximate surface area is 122 Å². The molecule has 0 heterocycles. The van der Waals surface area contributed by atoms with E-state index in [9.17, 15) is 18.4 Å². The summed E-state index contributed by atoms with van der Waals surface area (Å²) >= 11 is 3.20. The molecule has 0 aliphatic carbocycles. The van der Waals surface area contributed by atoms with Crippen LogP contribution in [-0.4, -0.2) is 42.5 Å². The Bertz CT molecular complexity index is 497. The fraction of sp³-hybridized carbons (Fsp3) is 0.333. The number of benzene rings is 1. The Morgan fingerprint density at radius 1 is 1.30 bits per heavy atom. The molecule has 0 radical (unpaired) electrons. The Morgan fingerprint density at radius 3 is 2.60 bits per heavy atom. The highest BCUT2D eigenvalue weighted by atomic mass is 79.9. The van der Waals surface area contributed by atoms with Crippen LogP contribution in [0.4, 0.5) is 8.78 Å². The molecule has 5 nitrogen and oxygen atoms in total. The lowest BCUT2D eigenvalue weighted by molar-refractivity contribution is -0.123. The van der Waals surface area contributed by atoms with E-state index in [1.807, 2.05) is 5.32 Å². The average molecular weight is 351 g/mol. The molecule has 0 saturated heterocycles. The maximum atomic E-state index is 12.7. The van der Waals surface area contributed by atoms with Gasteiger partial charge in [-0.25, -0.2) is 8.78 Å². The second-order valence-corrected chi connectivity index (χ2v) is 4.90. The van der Waals surface area contributed by atoms with E-state index in [1.54, 1.807) is 24.3 Å². The molecule has 0 unspecified atom stereocenters. The van der Waals surface area contributed by atoms with Crippen molar-refractivity contribution < 1.29 is 23.5 Å². The van der Waals surface area contributed by atoms with Gasteiger partial charge in [-0.1, -0.05) is 22.0 Å². The van der Waals surface area contributed by atoms with E-state index >= 15 is 0 Å². The Morgan fingerprint density at radius 2 is 2.00 bits per heavy atom. The predicted molar refractivity (Wildman–Crippen MR) is 71.5 cm³/mol. The van der Waals surface area contributed by atoms with Crippen molar-refractivity contribution in [2.45, 2.75) is 5.92 Å². The lowest BCUT2D eigenvalue weighted by Crippen LogP contribution is -2.43. The molecule has 0 bridgehead atoms. The van der Waals surface area contributed by atoms with Crippen molar-refractivity contribution in [2.24, 2.45) is 0 Å². The van der Waals surface area contributed by atoms with E-state index < -0.39 is 37.4 Å². The van der Waals surface area contributed by atoms with Gasteiger partial charge in [-0.3, -0.25) is 9.59 Å². The Balaban J connectivity index is 2.40. The molecule has 0 atom stereocenters. The zero-order valence-corrected chi connectivity index (χ0v) is 11.9. The van der Waals surface area contributed by atoms with E-state index in [4.69, 9.17) is 5.11 Å². The maximum Gasteiger partial charge on any atom is 0.287 e. The van der Waals surface area contributed by atoms with Gasteiger partial charge in [0.1, 0.15) is 6.61 Å². The van der Waals surface area contributed by atoms with Gasteiger partial charge in [0.2, 0.25) is 5.91 Å². The van der Waals surface area contributed by atoms with E-state index in [1.165, 1.54) is 0 Å². The second-order valence-electron chi connectivity index (χ2n) is 3.98. The fourth-order valence-corrected chi connectivity index (χ4v) is 1.64. The van der Waals surface area contributed by atoms with Crippen LogP contribution in [0.5, 0.6) is 0 Å². The molecule has 0 fully saturated rings. The number of halogens is 3. The summed E-state index contributed by atoms with van der Waals surface area (Å²) in [4.78, 5) is 22.9. The minimum absolute atomic E-state index is 0.341. The quantitative estimate of drug-likeness (QED) is 0.713. The molecule has 110 valence electrons. The molecular formula is C12H13BrF2N2O3. The highest BCUT2D eigenvalue weighted by Crippen LogP contribution is 2.11. The number of carbonyl (C=O) groups is 2. The van der Waals surface area contributed by atoms with Gasteiger partial charge in [-0.15, -0.1) is 0 Å². The number of nitrogens with one attached hydrogen (secondary N) is 2. The molecule has 2 amide bonds. The molecule has 3 N–H and O–H groups in total. The summed E-state index contributed by atoms with van der Waals surface area (Å²) in [5.41, 5.74) is 0.341. The van der Waals surface area contributed by atoms with Gasteiger partial charge in [0.15, 0.2) is 0 Å². The van der Waals surface area contributed by atoms with E-state index in [-0.39, 0.29) is 0 Å². The normalized spacial score (nSPS) is 11.0. The molecule has 0 aliphatic heterocycles. The largest absolute Gasteiger partial charge is 0.390 e. The van der Waals surface area contributed by atoms with Crippen molar-refractivity contribution in [1.29, 1.82) is 0 Å². The third-order valence-electron chi connectivity index (χ3n) is 2.27. The highest BCUT2D eigenvalue weighted by molar-refractivity contribution is 9.10. The van der Waals surface area contributed by atoms with Gasteiger partial charge < -0.3 is 15.7 Å². The molecule has 0 spiro atoms. The van der Waals surface area contributed by atoms with Gasteiger partial charge in [-0.05, 0) is 18.2 Å². The number of carbonyl (C=O) groups excluding carboxylic acids is 2. The summed E-state index contributed by atoms with van der Waals surface area (Å²) in [6.45, 7) is -2.75. The molecule has 1 aromatic carbocycles. The molecule has 0 aromatic heterocycles. The Hall–Kier alpha value is -1.54. The van der Waals surface area contributed by atoms with Gasteiger partial charge in [0.25, 0.3) is 11.8 Å². The third-order valence-corrected chi connectivity index (χ3v) is 2.77. The summed E-state index contributed by atoms with van der Waals surface area (Å²) in [5.74, 6) is -4.62. The maximum absolute atomic E-state index is 12.7. The minimum Gasteiger partial charge on any atom is -0.390 e. The second kappa shape index (κ2) is 7.30. The monoisotopic (exact) mass is 350 g/mol. The molecular weight excluding hydrogens is 338 g/mol. The lowest BCUT2D eigenvalue weighted by atomic mass is 10.2. The fourth-order valence-electron chi connectivity index (χ4n) is 1.24. The van der Waals surface area contributed by atoms with Crippen molar-refractivity contribution in [3.63, 3.8) is 0 Å². The average Bonchev–Trinajstić information content (AvgIpc) is 2.42. The van der Waals surface area contributed by atoms with Crippen LogP contribution < -0.4 is 10.6 Å². The van der Waals surface area contributed by atoms with E-state index in [0.717, 1.165) is 0 Å². The molecule has 0 aliphatic rings. The summed E-state index contributed by atoms with van der Waals surface area (Å²) in [7, 11) is 0. The van der Waals surface area contributed by atoms with Crippen molar-refractivity contribution in [3.8, 4) is 0 Å². The minimum atomic E-state index is -3.37. The zero-order chi connectivity index (χ0) is 15.2. The first kappa shape index (κ1) is 16.5. The first-order valence-corrected chi connectivity index (χ1v) is 6.42. The smallest absolute Gasteiger partial charge is 0.287 e. The van der Waals surface area contributed by atoms with Crippen LogP contribution >= 0.6 is 15.9 Å². The van der Waals surface area contributed by atoms with Crippen molar-refractivity contribution in [2.75, 3.05) is 19.7 Å². The summed E-state index contributed by atoms with van der Waals surface area (Å²) in [6, 6.07) is 6.51. The number of aliphatic hydroxyl groups excluding tert-OH is 1. The van der Waals surface area contributed by atoms with Crippen LogP contribution in [0.1, 0.15) is 10.4 Å². The summed E-state index contributed by atoms with van der Waals surface area (Å²) < 4.78 is 26.0. The van der Waals surface area contributed by atoms with Gasteiger partial charge in [0, 0.05) is 10.0 Å². The van der Waals surface area contributed by atoms with Crippen molar-refractivity contribution in [1.82, 2.24) is 10.6 Å². The molecule has 0 saturated carbocycles. The zero-order valence-electron chi connectivity index (χ0n) is 10.3. The summed E-state index contributed by atoms with van der Waals surface area (Å²) in [6.07, 6.45) is 0. The van der Waals surface area contributed by atoms with Gasteiger partial charge in [0.05, 0.1) is 13.1 Å². The number of hydrogen-bond donors (Lipinski definition) is 3. The van der Waals surface area contributed by atoms with Crippen LogP contribution in [-0.2, 0) is 4.79 Å². The van der Waals surface area contributed by atoms with Gasteiger partial charge in [-0.2, -0.15) is 0 Å². The van der Waals surface area contributed by atoms with Gasteiger partial charge >= 0.3 is 0 Å². The van der Waals surface area contributed by atoms with Crippen LogP contribution in [0.25, 0.3) is 0 Å². The van der Waals surface area contributed by atoms with Crippen LogP contribution in [0.3, 0.4) is 0 Å². The molecule has 1 aromatic rings. The van der Waals surface area contributed by atoms with E-state index in [2.05, 4.69) is 21.2 Å². The van der Waals surface area contributed by atoms with Crippen molar-refractivity contribution >= 4 is 27.7 Å². The topological polar surface area (TPSA) is 78.4 Å². The Kier molecular flexibility index (Phi) is 6.03. The van der Waals surface area contributed by atoms with Crippen LogP contribution in [0.2, 0.25) is 0 Å². The number of hydrogen-bond acceptors (Lipinski definition) is 3. The summed E-state index contributed by atoms with van der Waals surface area (Å²) in [5, 5.41) is 12.5. The SMILES string of the molecule is O=C(CNC(=O)c1cccc(Br)c1)NCC(F)(F)CO. The highest BCUT2D eigenvalue weighted by Gasteiger charge is 2.28.